The number of rotatable bonds is 2. The Bertz CT molecular complexity index is 1200. The molecule has 2 aromatic carbocycles. The van der Waals surface area contributed by atoms with E-state index < -0.39 is 5.91 Å². The lowest BCUT2D eigenvalue weighted by Crippen LogP contribution is -2.30. The number of amides is 1. The van der Waals surface area contributed by atoms with Crippen LogP contribution in [-0.4, -0.2) is 12.5 Å². The Morgan fingerprint density at radius 3 is 2.85 bits per heavy atom. The summed E-state index contributed by atoms with van der Waals surface area (Å²) in [5, 5.41) is 10.1. The molecule has 0 atom stereocenters. The second-order valence-corrected chi connectivity index (χ2v) is 6.55. The summed E-state index contributed by atoms with van der Waals surface area (Å²) in [6.07, 6.45) is 3.23. The van der Waals surface area contributed by atoms with E-state index in [0.717, 1.165) is 17.7 Å². The lowest BCUT2D eigenvalue weighted by molar-refractivity contribution is -0.114. The minimum absolute atomic E-state index is 0.125. The molecule has 0 N–H and O–H groups in total. The third-order valence-corrected chi connectivity index (χ3v) is 4.86. The lowest BCUT2D eigenvalue weighted by atomic mass is 10.1. The van der Waals surface area contributed by atoms with Crippen LogP contribution in [0.2, 0.25) is 5.02 Å². The van der Waals surface area contributed by atoms with Crippen LogP contribution in [0.15, 0.2) is 63.5 Å². The molecule has 1 aromatic heterocycles. The normalized spacial score (nSPS) is 13.5. The van der Waals surface area contributed by atoms with Crippen LogP contribution in [0.4, 0.5) is 5.69 Å². The minimum Gasteiger partial charge on any atom is -0.462 e. The van der Waals surface area contributed by atoms with E-state index in [1.165, 1.54) is 12.3 Å². The van der Waals surface area contributed by atoms with Crippen LogP contribution in [0.1, 0.15) is 11.1 Å². The van der Waals surface area contributed by atoms with Crippen LogP contribution >= 0.6 is 11.6 Å². The first-order valence-corrected chi connectivity index (χ1v) is 8.69. The molecule has 0 bridgehead atoms. The predicted octanol–water partition coefficient (Wildman–Crippen LogP) is 3.94. The third-order valence-electron chi connectivity index (χ3n) is 4.56. The molecular weight excluding hydrogens is 364 g/mol. The van der Waals surface area contributed by atoms with Crippen LogP contribution in [0, 0.1) is 11.3 Å². The molecule has 0 fully saturated rings. The van der Waals surface area contributed by atoms with Gasteiger partial charge in [-0.05, 0) is 36.3 Å². The standard InChI is InChI=1S/C21H13ClN2O3/c22-17-6-3-5-16-19(25)15(12-27-20(16)17)10-14(11-23)21(26)24-9-8-13-4-1-2-7-18(13)24/h1-7,10,12H,8-9H2. The Hall–Kier alpha value is -3.36. The average Bonchev–Trinajstić information content (AvgIpc) is 3.12. The van der Waals surface area contributed by atoms with Gasteiger partial charge in [0.05, 0.1) is 16.0 Å². The fraction of sp³-hybridized carbons (Fsp3) is 0.0952. The summed E-state index contributed by atoms with van der Waals surface area (Å²) in [7, 11) is 0. The number of hydrogen-bond donors (Lipinski definition) is 0. The highest BCUT2D eigenvalue weighted by molar-refractivity contribution is 6.34. The minimum atomic E-state index is -0.437. The van der Waals surface area contributed by atoms with Gasteiger partial charge in [-0.1, -0.05) is 35.9 Å². The van der Waals surface area contributed by atoms with Crippen LogP contribution in [-0.2, 0) is 11.2 Å². The van der Waals surface area contributed by atoms with Crippen molar-refractivity contribution in [2.45, 2.75) is 6.42 Å². The van der Waals surface area contributed by atoms with E-state index in [2.05, 4.69) is 0 Å². The fourth-order valence-electron chi connectivity index (χ4n) is 3.23. The topological polar surface area (TPSA) is 74.3 Å². The number of nitriles is 1. The van der Waals surface area contributed by atoms with E-state index in [1.807, 2.05) is 30.3 Å². The molecule has 1 aliphatic heterocycles. The van der Waals surface area contributed by atoms with Crippen molar-refractivity contribution in [3.63, 3.8) is 0 Å². The van der Waals surface area contributed by atoms with Crippen LogP contribution in [0.5, 0.6) is 0 Å². The second-order valence-electron chi connectivity index (χ2n) is 6.14. The number of carbonyl (C=O) groups is 1. The van der Waals surface area contributed by atoms with E-state index in [4.69, 9.17) is 16.0 Å². The molecule has 2 heterocycles. The molecule has 0 saturated heterocycles. The van der Waals surface area contributed by atoms with Gasteiger partial charge in [0.25, 0.3) is 5.91 Å². The summed E-state index contributed by atoms with van der Waals surface area (Å²) in [4.78, 5) is 27.1. The molecule has 132 valence electrons. The first kappa shape index (κ1) is 17.1. The zero-order chi connectivity index (χ0) is 19.0. The first-order chi connectivity index (χ1) is 13.1. The van der Waals surface area contributed by atoms with Gasteiger partial charge in [-0.2, -0.15) is 5.26 Å². The Morgan fingerprint density at radius 1 is 1.22 bits per heavy atom. The molecular formula is C21H13ClN2O3. The van der Waals surface area contributed by atoms with E-state index in [0.29, 0.717) is 17.0 Å². The van der Waals surface area contributed by atoms with Crippen molar-refractivity contribution in [3.8, 4) is 6.07 Å². The molecule has 1 aliphatic rings. The lowest BCUT2D eigenvalue weighted by Gasteiger charge is -2.16. The number of fused-ring (bicyclic) bond motifs is 2. The van der Waals surface area contributed by atoms with Gasteiger partial charge < -0.3 is 9.32 Å². The van der Waals surface area contributed by atoms with Gasteiger partial charge in [0, 0.05) is 12.2 Å². The highest BCUT2D eigenvalue weighted by Crippen LogP contribution is 2.29. The van der Waals surface area contributed by atoms with E-state index in [9.17, 15) is 14.9 Å². The van der Waals surface area contributed by atoms with E-state index >= 15 is 0 Å². The monoisotopic (exact) mass is 376 g/mol. The van der Waals surface area contributed by atoms with Gasteiger partial charge in [-0.3, -0.25) is 9.59 Å². The van der Waals surface area contributed by atoms with Crippen LogP contribution < -0.4 is 10.3 Å². The molecule has 5 nitrogen and oxygen atoms in total. The molecule has 1 amide bonds. The number of benzene rings is 2. The molecule has 0 unspecified atom stereocenters. The maximum absolute atomic E-state index is 12.9. The van der Waals surface area contributed by atoms with Crippen molar-refractivity contribution < 1.29 is 9.21 Å². The third kappa shape index (κ3) is 2.90. The number of para-hydroxylation sites is 2. The summed E-state index contributed by atoms with van der Waals surface area (Å²) >= 11 is 6.04. The van der Waals surface area contributed by atoms with Crippen LogP contribution in [0.25, 0.3) is 17.0 Å². The van der Waals surface area contributed by atoms with Gasteiger partial charge in [0.15, 0.2) is 11.0 Å². The summed E-state index contributed by atoms with van der Waals surface area (Å²) in [5.41, 5.74) is 1.78. The van der Waals surface area contributed by atoms with Gasteiger partial charge in [0.1, 0.15) is 17.9 Å². The quantitative estimate of drug-likeness (QED) is 0.501. The van der Waals surface area contributed by atoms with Gasteiger partial charge in [-0.25, -0.2) is 0 Å². The van der Waals surface area contributed by atoms with Crippen molar-refractivity contribution in [3.05, 3.63) is 80.7 Å². The van der Waals surface area contributed by atoms with Crippen molar-refractivity contribution >= 4 is 40.2 Å². The van der Waals surface area contributed by atoms with Crippen molar-refractivity contribution in [1.82, 2.24) is 0 Å². The smallest absolute Gasteiger partial charge is 0.268 e. The van der Waals surface area contributed by atoms with Gasteiger partial charge >= 0.3 is 0 Å². The molecule has 0 saturated carbocycles. The van der Waals surface area contributed by atoms with Crippen molar-refractivity contribution in [2.75, 3.05) is 11.4 Å². The highest BCUT2D eigenvalue weighted by Gasteiger charge is 2.26. The van der Waals surface area contributed by atoms with E-state index in [1.54, 1.807) is 23.1 Å². The Kier molecular flexibility index (Phi) is 4.27. The fourth-order valence-corrected chi connectivity index (χ4v) is 3.45. The Morgan fingerprint density at radius 2 is 2.04 bits per heavy atom. The Labute approximate surface area is 159 Å². The Balaban J connectivity index is 1.76. The summed E-state index contributed by atoms with van der Waals surface area (Å²) in [6.45, 7) is 0.499. The number of anilines is 1. The van der Waals surface area contributed by atoms with Gasteiger partial charge in [-0.15, -0.1) is 0 Å². The molecule has 4 rings (SSSR count). The van der Waals surface area contributed by atoms with Crippen molar-refractivity contribution in [2.24, 2.45) is 0 Å². The maximum atomic E-state index is 12.9. The zero-order valence-electron chi connectivity index (χ0n) is 14.1. The molecule has 6 heteroatoms. The zero-order valence-corrected chi connectivity index (χ0v) is 14.9. The van der Waals surface area contributed by atoms with Crippen molar-refractivity contribution in [1.29, 1.82) is 5.26 Å². The second kappa shape index (κ2) is 6.75. The summed E-state index contributed by atoms with van der Waals surface area (Å²) in [6, 6.07) is 14.3. The van der Waals surface area contributed by atoms with E-state index in [-0.39, 0.29) is 22.1 Å². The number of halogens is 1. The molecule has 27 heavy (non-hydrogen) atoms. The average molecular weight is 377 g/mol. The molecule has 3 aromatic rings. The molecule has 0 spiro atoms. The summed E-state index contributed by atoms with van der Waals surface area (Å²) < 4.78 is 5.45. The first-order valence-electron chi connectivity index (χ1n) is 8.32. The number of nitrogens with zero attached hydrogens (tertiary/aromatic N) is 2. The van der Waals surface area contributed by atoms with Gasteiger partial charge in [0.2, 0.25) is 0 Å². The maximum Gasteiger partial charge on any atom is 0.268 e. The number of hydrogen-bond acceptors (Lipinski definition) is 4. The molecule has 0 radical (unpaired) electrons. The SMILES string of the molecule is N#CC(=Cc1coc2c(Cl)cccc2c1=O)C(=O)N1CCc2ccccc21. The largest absolute Gasteiger partial charge is 0.462 e. The molecule has 0 aliphatic carbocycles. The van der Waals surface area contributed by atoms with Crippen LogP contribution in [0.3, 0.4) is 0 Å². The highest BCUT2D eigenvalue weighted by atomic mass is 35.5. The predicted molar refractivity (Wildman–Crippen MR) is 104 cm³/mol. The number of carbonyl (C=O) groups excluding carboxylic acids is 1. The summed E-state index contributed by atoms with van der Waals surface area (Å²) in [5.74, 6) is -0.437.